The number of anilines is 2. The summed E-state index contributed by atoms with van der Waals surface area (Å²) in [5, 5.41) is 2.93. The lowest BCUT2D eigenvalue weighted by Crippen LogP contribution is -2.31. The van der Waals surface area contributed by atoms with E-state index in [2.05, 4.69) is 5.32 Å². The van der Waals surface area contributed by atoms with Gasteiger partial charge >= 0.3 is 0 Å². The molecule has 2 amide bonds. The molecule has 0 aliphatic carbocycles. The monoisotopic (exact) mass is 414 g/mol. The number of carbonyl (C=O) groups excluding carboxylic acids is 2. The topological polar surface area (TPSA) is 58.6 Å². The summed E-state index contributed by atoms with van der Waals surface area (Å²) < 4.78 is 5.51. The van der Waals surface area contributed by atoms with Crippen molar-refractivity contribution in [3.8, 4) is 5.75 Å². The largest absolute Gasteiger partial charge is 0.493 e. The Labute approximate surface area is 182 Å². The molecule has 1 heterocycles. The molecule has 5 nitrogen and oxygen atoms in total. The minimum atomic E-state index is -0.0658. The van der Waals surface area contributed by atoms with Gasteiger partial charge in [-0.25, -0.2) is 0 Å². The van der Waals surface area contributed by atoms with Crippen molar-refractivity contribution in [1.29, 1.82) is 0 Å². The quantitative estimate of drug-likeness (QED) is 0.623. The number of likely N-dealkylation sites (N-methyl/N-ethyl adjacent to an activating group) is 1. The summed E-state index contributed by atoms with van der Waals surface area (Å²) in [4.78, 5) is 26.9. The van der Waals surface area contributed by atoms with Gasteiger partial charge in [0, 0.05) is 24.3 Å². The Kier molecular flexibility index (Phi) is 6.32. The number of rotatable bonds is 7. The molecule has 1 N–H and O–H groups in total. The molecule has 0 bridgehead atoms. The second-order valence-electron chi connectivity index (χ2n) is 7.61. The predicted octanol–water partition coefficient (Wildman–Crippen LogP) is 4.40. The molecule has 1 aliphatic rings. The van der Waals surface area contributed by atoms with Gasteiger partial charge in [-0.15, -0.1) is 0 Å². The molecule has 0 aromatic heterocycles. The fourth-order valence-corrected chi connectivity index (χ4v) is 3.83. The third-order valence-electron chi connectivity index (χ3n) is 5.40. The molecule has 0 saturated carbocycles. The zero-order chi connectivity index (χ0) is 21.6. The number of hydrogen-bond acceptors (Lipinski definition) is 3. The van der Waals surface area contributed by atoms with Crippen molar-refractivity contribution >= 4 is 23.2 Å². The SMILES string of the molecule is CCN(C(=O)Cc1ccc(NC(=O)Cc2ccc3c(c2)CCO3)cc1)c1ccccc1. The third-order valence-corrected chi connectivity index (χ3v) is 5.40. The summed E-state index contributed by atoms with van der Waals surface area (Å²) >= 11 is 0. The van der Waals surface area contributed by atoms with Crippen molar-refractivity contribution in [2.45, 2.75) is 26.2 Å². The fraction of sp³-hybridized carbons (Fsp3) is 0.231. The summed E-state index contributed by atoms with van der Waals surface area (Å²) in [7, 11) is 0. The number of nitrogens with one attached hydrogen (secondary N) is 1. The van der Waals surface area contributed by atoms with Gasteiger partial charge in [0.05, 0.1) is 19.4 Å². The lowest BCUT2D eigenvalue weighted by molar-refractivity contribution is -0.118. The number of hydrogen-bond donors (Lipinski definition) is 1. The highest BCUT2D eigenvalue weighted by Crippen LogP contribution is 2.26. The van der Waals surface area contributed by atoms with Gasteiger partial charge in [-0.2, -0.15) is 0 Å². The first-order valence-corrected chi connectivity index (χ1v) is 10.6. The van der Waals surface area contributed by atoms with Crippen LogP contribution in [0.2, 0.25) is 0 Å². The van der Waals surface area contributed by atoms with Gasteiger partial charge in [0.2, 0.25) is 11.8 Å². The van der Waals surface area contributed by atoms with Crippen LogP contribution >= 0.6 is 0 Å². The first kappa shape index (κ1) is 20.7. The number of amides is 2. The van der Waals surface area contributed by atoms with E-state index >= 15 is 0 Å². The summed E-state index contributed by atoms with van der Waals surface area (Å²) in [5.74, 6) is 0.901. The first-order valence-electron chi connectivity index (χ1n) is 10.6. The second kappa shape index (κ2) is 9.47. The van der Waals surface area contributed by atoms with Gasteiger partial charge in [-0.1, -0.05) is 42.5 Å². The van der Waals surface area contributed by atoms with Crippen LogP contribution in [0.4, 0.5) is 11.4 Å². The smallest absolute Gasteiger partial charge is 0.231 e. The molecule has 0 saturated heterocycles. The standard InChI is InChI=1S/C26H26N2O3/c1-2-28(23-6-4-3-5-7-23)26(30)18-19-8-11-22(12-9-19)27-25(29)17-20-10-13-24-21(16-20)14-15-31-24/h3-13,16H,2,14-15,17-18H2,1H3,(H,27,29). The van der Waals surface area contributed by atoms with Gasteiger partial charge in [-0.05, 0) is 53.9 Å². The van der Waals surface area contributed by atoms with Gasteiger partial charge in [0.1, 0.15) is 5.75 Å². The van der Waals surface area contributed by atoms with Crippen LogP contribution in [0.5, 0.6) is 5.75 Å². The molecule has 5 heteroatoms. The van der Waals surface area contributed by atoms with Crippen LogP contribution in [-0.4, -0.2) is 25.0 Å². The summed E-state index contributed by atoms with van der Waals surface area (Å²) in [6.45, 7) is 3.30. The van der Waals surface area contributed by atoms with E-state index in [9.17, 15) is 9.59 Å². The zero-order valence-corrected chi connectivity index (χ0v) is 17.6. The Morgan fingerprint density at radius 1 is 0.935 bits per heavy atom. The normalized spacial score (nSPS) is 12.0. The van der Waals surface area contributed by atoms with Crippen LogP contribution < -0.4 is 15.0 Å². The molecule has 3 aromatic carbocycles. The lowest BCUT2D eigenvalue weighted by atomic mass is 10.1. The van der Waals surface area contributed by atoms with Gasteiger partial charge < -0.3 is 15.0 Å². The third kappa shape index (κ3) is 5.12. The average molecular weight is 415 g/mol. The average Bonchev–Trinajstić information content (AvgIpc) is 3.24. The Morgan fingerprint density at radius 3 is 2.42 bits per heavy atom. The molecule has 3 aromatic rings. The molecule has 0 radical (unpaired) electrons. The molecular weight excluding hydrogens is 388 g/mol. The molecule has 0 atom stereocenters. The van der Waals surface area contributed by atoms with Gasteiger partial charge in [0.25, 0.3) is 0 Å². The van der Waals surface area contributed by atoms with E-state index in [0.29, 0.717) is 26.0 Å². The molecule has 158 valence electrons. The number of benzene rings is 3. The van der Waals surface area contributed by atoms with E-state index < -0.39 is 0 Å². The molecule has 31 heavy (non-hydrogen) atoms. The number of para-hydroxylation sites is 1. The molecule has 0 unspecified atom stereocenters. The van der Waals surface area contributed by atoms with E-state index in [1.807, 2.05) is 79.7 Å². The van der Waals surface area contributed by atoms with Crippen molar-refractivity contribution in [2.24, 2.45) is 0 Å². The Bertz CT molecular complexity index is 1060. The number of fused-ring (bicyclic) bond motifs is 1. The Hall–Kier alpha value is -3.60. The summed E-state index contributed by atoms with van der Waals surface area (Å²) in [6.07, 6.45) is 1.52. The van der Waals surface area contributed by atoms with Crippen molar-refractivity contribution in [1.82, 2.24) is 0 Å². The predicted molar refractivity (Wildman–Crippen MR) is 123 cm³/mol. The van der Waals surface area contributed by atoms with Crippen LogP contribution in [0, 0.1) is 0 Å². The lowest BCUT2D eigenvalue weighted by Gasteiger charge is -2.21. The van der Waals surface area contributed by atoms with Crippen molar-refractivity contribution in [2.75, 3.05) is 23.4 Å². The van der Waals surface area contributed by atoms with E-state index in [1.165, 1.54) is 0 Å². The summed E-state index contributed by atoms with van der Waals surface area (Å²) in [5.41, 5.74) is 4.68. The molecule has 0 fully saturated rings. The molecular formula is C26H26N2O3. The number of nitrogens with zero attached hydrogens (tertiary/aromatic N) is 1. The first-order chi connectivity index (χ1) is 15.1. The second-order valence-corrected chi connectivity index (χ2v) is 7.61. The van der Waals surface area contributed by atoms with Gasteiger partial charge in [0.15, 0.2) is 0 Å². The maximum Gasteiger partial charge on any atom is 0.231 e. The minimum absolute atomic E-state index is 0.0473. The molecule has 0 spiro atoms. The summed E-state index contributed by atoms with van der Waals surface area (Å²) in [6, 6.07) is 23.1. The molecule has 4 rings (SSSR count). The van der Waals surface area contributed by atoms with Crippen LogP contribution in [-0.2, 0) is 28.9 Å². The molecule has 1 aliphatic heterocycles. The Morgan fingerprint density at radius 2 is 1.68 bits per heavy atom. The van der Waals surface area contributed by atoms with Crippen LogP contribution in [0.1, 0.15) is 23.6 Å². The van der Waals surface area contributed by atoms with E-state index in [4.69, 9.17) is 4.74 Å². The van der Waals surface area contributed by atoms with Crippen molar-refractivity contribution in [3.63, 3.8) is 0 Å². The van der Waals surface area contributed by atoms with E-state index in [-0.39, 0.29) is 11.8 Å². The van der Waals surface area contributed by atoms with Crippen LogP contribution in [0.15, 0.2) is 72.8 Å². The number of ether oxygens (including phenoxy) is 1. The van der Waals surface area contributed by atoms with E-state index in [0.717, 1.165) is 40.2 Å². The highest BCUT2D eigenvalue weighted by Gasteiger charge is 2.15. The van der Waals surface area contributed by atoms with Crippen LogP contribution in [0.25, 0.3) is 0 Å². The fourth-order valence-electron chi connectivity index (χ4n) is 3.83. The van der Waals surface area contributed by atoms with E-state index in [1.54, 1.807) is 4.90 Å². The highest BCUT2D eigenvalue weighted by molar-refractivity contribution is 5.95. The maximum atomic E-state index is 12.7. The van der Waals surface area contributed by atoms with Crippen molar-refractivity contribution in [3.05, 3.63) is 89.5 Å². The maximum absolute atomic E-state index is 12.7. The highest BCUT2D eigenvalue weighted by atomic mass is 16.5. The van der Waals surface area contributed by atoms with Crippen molar-refractivity contribution < 1.29 is 14.3 Å². The number of carbonyl (C=O) groups is 2. The van der Waals surface area contributed by atoms with Crippen LogP contribution in [0.3, 0.4) is 0 Å². The zero-order valence-electron chi connectivity index (χ0n) is 17.6. The Balaban J connectivity index is 1.33. The minimum Gasteiger partial charge on any atom is -0.493 e. The van der Waals surface area contributed by atoms with Gasteiger partial charge in [-0.3, -0.25) is 9.59 Å².